The van der Waals surface area contributed by atoms with Crippen LogP contribution in [0.25, 0.3) is 65.3 Å². The predicted octanol–water partition coefficient (Wildman–Crippen LogP) is 12.0. The van der Waals surface area contributed by atoms with Gasteiger partial charge in [0.1, 0.15) is 23.0 Å². The predicted molar refractivity (Wildman–Crippen MR) is 209 cm³/mol. The molecular formula is C46H40O4. The van der Waals surface area contributed by atoms with Crippen LogP contribution < -0.4 is 18.9 Å². The lowest BCUT2D eigenvalue weighted by Crippen LogP contribution is -1.96. The minimum atomic E-state index is 0.854. The summed E-state index contributed by atoms with van der Waals surface area (Å²) < 4.78 is 23.1. The van der Waals surface area contributed by atoms with Gasteiger partial charge in [-0.2, -0.15) is 0 Å². The van der Waals surface area contributed by atoms with Crippen LogP contribution in [0, 0.1) is 13.8 Å². The maximum Gasteiger partial charge on any atom is 0.130 e. The summed E-state index contributed by atoms with van der Waals surface area (Å²) in [5, 5.41) is 9.43. The SMILES string of the molecule is COc1ccc2ccccc2c1-c1c(OC)c(C)cc2ccccc12.COc1ccc2ccccc2c1-c1c(OC)c(C)cc2ccccc12. The molecule has 4 nitrogen and oxygen atoms in total. The molecule has 8 aromatic rings. The smallest absolute Gasteiger partial charge is 0.130 e. The zero-order valence-electron chi connectivity index (χ0n) is 29.3. The molecule has 8 rings (SSSR count). The molecule has 4 heteroatoms. The molecule has 0 aliphatic heterocycles. The normalized spacial score (nSPS) is 11.0. The van der Waals surface area contributed by atoms with Gasteiger partial charge in [-0.1, -0.05) is 109 Å². The van der Waals surface area contributed by atoms with E-state index in [1.54, 1.807) is 28.4 Å². The number of rotatable bonds is 6. The van der Waals surface area contributed by atoms with Gasteiger partial charge in [0.25, 0.3) is 0 Å². The van der Waals surface area contributed by atoms with E-state index in [4.69, 9.17) is 18.9 Å². The van der Waals surface area contributed by atoms with Gasteiger partial charge in [-0.15, -0.1) is 0 Å². The largest absolute Gasteiger partial charge is 0.496 e. The lowest BCUT2D eigenvalue weighted by atomic mass is 9.90. The summed E-state index contributed by atoms with van der Waals surface area (Å²) in [6.45, 7) is 4.18. The van der Waals surface area contributed by atoms with Crippen LogP contribution in [0.2, 0.25) is 0 Å². The molecular weight excluding hydrogens is 617 g/mol. The van der Waals surface area contributed by atoms with Gasteiger partial charge in [0, 0.05) is 22.3 Å². The van der Waals surface area contributed by atoms with Gasteiger partial charge < -0.3 is 18.9 Å². The lowest BCUT2D eigenvalue weighted by Gasteiger charge is -2.19. The van der Waals surface area contributed by atoms with Crippen molar-refractivity contribution in [2.24, 2.45) is 0 Å². The quantitative estimate of drug-likeness (QED) is 0.178. The number of ether oxygens (including phenoxy) is 4. The van der Waals surface area contributed by atoms with E-state index < -0.39 is 0 Å². The number of aryl methyl sites for hydroxylation is 2. The third-order valence-corrected chi connectivity index (χ3v) is 9.50. The summed E-state index contributed by atoms with van der Waals surface area (Å²) in [5.74, 6) is 3.50. The minimum absolute atomic E-state index is 0.854. The molecule has 0 unspecified atom stereocenters. The fourth-order valence-corrected chi connectivity index (χ4v) is 7.32. The van der Waals surface area contributed by atoms with E-state index in [2.05, 4.69) is 135 Å². The Morgan fingerprint density at radius 3 is 0.980 bits per heavy atom. The van der Waals surface area contributed by atoms with Crippen molar-refractivity contribution in [1.29, 1.82) is 0 Å². The summed E-state index contributed by atoms with van der Waals surface area (Å²) in [6, 6.07) is 46.3. The molecule has 0 saturated heterocycles. The summed E-state index contributed by atoms with van der Waals surface area (Å²) in [6.07, 6.45) is 0. The van der Waals surface area contributed by atoms with E-state index in [-0.39, 0.29) is 0 Å². The van der Waals surface area contributed by atoms with Gasteiger partial charge >= 0.3 is 0 Å². The first kappa shape index (κ1) is 32.5. The zero-order valence-corrected chi connectivity index (χ0v) is 29.3. The highest BCUT2D eigenvalue weighted by molar-refractivity contribution is 6.11. The van der Waals surface area contributed by atoms with Crippen LogP contribution in [0.1, 0.15) is 11.1 Å². The molecule has 0 fully saturated rings. The average molecular weight is 657 g/mol. The van der Waals surface area contributed by atoms with Crippen LogP contribution in [0.5, 0.6) is 23.0 Å². The van der Waals surface area contributed by atoms with Gasteiger partial charge in [0.2, 0.25) is 0 Å². The van der Waals surface area contributed by atoms with E-state index in [0.29, 0.717) is 0 Å². The fourth-order valence-electron chi connectivity index (χ4n) is 7.32. The van der Waals surface area contributed by atoms with Crippen LogP contribution in [0.15, 0.2) is 133 Å². The Balaban J connectivity index is 0.000000157. The van der Waals surface area contributed by atoms with Crippen LogP contribution in [0.4, 0.5) is 0 Å². The molecule has 50 heavy (non-hydrogen) atoms. The van der Waals surface area contributed by atoms with Gasteiger partial charge in [-0.3, -0.25) is 0 Å². The Morgan fingerprint density at radius 1 is 0.320 bits per heavy atom. The van der Waals surface area contributed by atoms with Crippen molar-refractivity contribution in [2.75, 3.05) is 28.4 Å². The van der Waals surface area contributed by atoms with Gasteiger partial charge in [0.15, 0.2) is 0 Å². The summed E-state index contributed by atoms with van der Waals surface area (Å²) >= 11 is 0. The van der Waals surface area contributed by atoms with Crippen molar-refractivity contribution in [1.82, 2.24) is 0 Å². The lowest BCUT2D eigenvalue weighted by molar-refractivity contribution is 0.409. The fraction of sp³-hybridized carbons (Fsp3) is 0.130. The van der Waals surface area contributed by atoms with Crippen LogP contribution in [0.3, 0.4) is 0 Å². The zero-order chi connectivity index (χ0) is 34.8. The number of methoxy groups -OCH3 is 4. The van der Waals surface area contributed by atoms with Crippen LogP contribution in [-0.4, -0.2) is 28.4 Å². The topological polar surface area (TPSA) is 36.9 Å². The molecule has 8 aromatic carbocycles. The van der Waals surface area contributed by atoms with E-state index in [1.807, 2.05) is 12.1 Å². The monoisotopic (exact) mass is 656 g/mol. The van der Waals surface area contributed by atoms with Crippen molar-refractivity contribution in [2.45, 2.75) is 13.8 Å². The van der Waals surface area contributed by atoms with Crippen molar-refractivity contribution < 1.29 is 18.9 Å². The Bertz CT molecular complexity index is 2340. The van der Waals surface area contributed by atoms with E-state index in [9.17, 15) is 0 Å². The molecule has 0 atom stereocenters. The average Bonchev–Trinajstić information content (AvgIpc) is 3.16. The number of fused-ring (bicyclic) bond motifs is 4. The van der Waals surface area contributed by atoms with E-state index in [1.165, 1.54) is 32.3 Å². The second-order valence-corrected chi connectivity index (χ2v) is 12.4. The van der Waals surface area contributed by atoms with Gasteiger partial charge in [0.05, 0.1) is 28.4 Å². The Kier molecular flexibility index (Phi) is 9.02. The third-order valence-electron chi connectivity index (χ3n) is 9.50. The Morgan fingerprint density at radius 2 is 0.640 bits per heavy atom. The van der Waals surface area contributed by atoms with E-state index in [0.717, 1.165) is 67.2 Å². The van der Waals surface area contributed by atoms with E-state index >= 15 is 0 Å². The highest BCUT2D eigenvalue weighted by atomic mass is 16.5. The molecule has 0 saturated carbocycles. The van der Waals surface area contributed by atoms with Crippen LogP contribution in [-0.2, 0) is 0 Å². The molecule has 0 bridgehead atoms. The standard InChI is InChI=1S/2C23H20O2/c2*1-15-14-17-9-5-7-11-19(17)22(23(15)25-3)21-18-10-6-4-8-16(18)12-13-20(21)24-2/h2*4-14H,1-3H3. The summed E-state index contributed by atoms with van der Waals surface area (Å²) in [7, 11) is 6.91. The molecule has 0 aliphatic carbocycles. The first-order valence-corrected chi connectivity index (χ1v) is 16.7. The van der Waals surface area contributed by atoms with Crippen molar-refractivity contribution in [3.63, 3.8) is 0 Å². The number of hydrogen-bond acceptors (Lipinski definition) is 4. The highest BCUT2D eigenvalue weighted by Crippen LogP contribution is 2.48. The maximum atomic E-state index is 5.83. The van der Waals surface area contributed by atoms with Crippen molar-refractivity contribution >= 4 is 43.1 Å². The van der Waals surface area contributed by atoms with Crippen molar-refractivity contribution in [3.8, 4) is 45.3 Å². The summed E-state index contributed by atoms with van der Waals surface area (Å²) in [5.41, 5.74) is 6.57. The summed E-state index contributed by atoms with van der Waals surface area (Å²) in [4.78, 5) is 0. The molecule has 0 radical (unpaired) electrons. The molecule has 0 aliphatic rings. The van der Waals surface area contributed by atoms with Crippen LogP contribution >= 0.6 is 0 Å². The Hall–Kier alpha value is -6.00. The minimum Gasteiger partial charge on any atom is -0.496 e. The molecule has 0 amide bonds. The number of hydrogen-bond donors (Lipinski definition) is 0. The molecule has 0 spiro atoms. The van der Waals surface area contributed by atoms with Crippen molar-refractivity contribution in [3.05, 3.63) is 145 Å². The first-order chi connectivity index (χ1) is 24.5. The Labute approximate surface area is 293 Å². The highest BCUT2D eigenvalue weighted by Gasteiger charge is 2.21. The second-order valence-electron chi connectivity index (χ2n) is 12.4. The first-order valence-electron chi connectivity index (χ1n) is 16.7. The molecule has 0 N–H and O–H groups in total. The van der Waals surface area contributed by atoms with Gasteiger partial charge in [-0.05, 0) is 92.3 Å². The maximum absolute atomic E-state index is 5.83. The van der Waals surface area contributed by atoms with Gasteiger partial charge in [-0.25, -0.2) is 0 Å². The molecule has 248 valence electrons. The number of benzene rings is 8. The third kappa shape index (κ3) is 5.63. The molecule has 0 aromatic heterocycles. The molecule has 0 heterocycles. The second kappa shape index (κ2) is 13.9.